The van der Waals surface area contributed by atoms with Gasteiger partial charge in [-0.25, -0.2) is 4.39 Å². The second-order valence-corrected chi connectivity index (χ2v) is 5.17. The van der Waals surface area contributed by atoms with Crippen molar-refractivity contribution < 1.29 is 13.2 Å². The summed E-state index contributed by atoms with van der Waals surface area (Å²) in [5.41, 5.74) is 1.25. The van der Waals surface area contributed by atoms with Crippen LogP contribution >= 0.6 is 11.8 Å². The molecule has 0 fully saturated rings. The van der Waals surface area contributed by atoms with Crippen molar-refractivity contribution in [3.05, 3.63) is 54.1 Å². The minimum Gasteiger partial charge on any atom is -0.376 e. The van der Waals surface area contributed by atoms with Crippen LogP contribution < -0.4 is 5.32 Å². The first-order chi connectivity index (χ1) is 9.56. The number of thioether (sulfide) groups is 1. The lowest BCUT2D eigenvalue weighted by Gasteiger charge is -2.17. The first-order valence-electron chi connectivity index (χ1n) is 5.98. The Bertz CT molecular complexity index is 561. The van der Waals surface area contributed by atoms with Gasteiger partial charge >= 0.3 is 0 Å². The number of nitrogens with one attached hydrogen (secondary N) is 1. The molecular weight excluding hydrogens is 285 g/mol. The van der Waals surface area contributed by atoms with E-state index in [4.69, 9.17) is 0 Å². The lowest BCUT2D eigenvalue weighted by atomic mass is 10.2. The standard InChI is InChI=1S/C14H13F3N2S/c1-9(11-7-6-10(15)8-18-11)19-12-4-2-3-5-13(12)20-14(16)17/h2-9,14,19H,1H3. The smallest absolute Gasteiger partial charge is 0.288 e. The zero-order valence-electron chi connectivity index (χ0n) is 10.7. The van der Waals surface area contributed by atoms with Crippen LogP contribution in [0.25, 0.3) is 0 Å². The monoisotopic (exact) mass is 298 g/mol. The minimum atomic E-state index is -2.47. The van der Waals surface area contributed by atoms with E-state index in [2.05, 4.69) is 10.3 Å². The van der Waals surface area contributed by atoms with Gasteiger partial charge < -0.3 is 5.32 Å². The molecule has 0 spiro atoms. The topological polar surface area (TPSA) is 24.9 Å². The molecule has 2 nitrogen and oxygen atoms in total. The van der Waals surface area contributed by atoms with Gasteiger partial charge in [0.1, 0.15) is 5.82 Å². The summed E-state index contributed by atoms with van der Waals surface area (Å²) >= 11 is 0.488. The Labute approximate surface area is 119 Å². The average molecular weight is 298 g/mol. The van der Waals surface area contributed by atoms with Crippen LogP contribution in [-0.2, 0) is 0 Å². The maximum atomic E-state index is 12.8. The van der Waals surface area contributed by atoms with E-state index in [0.717, 1.165) is 6.20 Å². The molecule has 1 N–H and O–H groups in total. The molecular formula is C14H13F3N2S. The summed E-state index contributed by atoms with van der Waals surface area (Å²) in [5, 5.41) is 3.11. The van der Waals surface area contributed by atoms with Crippen molar-refractivity contribution >= 4 is 17.4 Å². The van der Waals surface area contributed by atoms with Crippen LogP contribution in [0.2, 0.25) is 0 Å². The van der Waals surface area contributed by atoms with Gasteiger partial charge in [0, 0.05) is 10.6 Å². The van der Waals surface area contributed by atoms with Crippen molar-refractivity contribution in [2.75, 3.05) is 5.32 Å². The normalized spacial score (nSPS) is 12.4. The highest BCUT2D eigenvalue weighted by Gasteiger charge is 2.12. The predicted molar refractivity (Wildman–Crippen MR) is 74.5 cm³/mol. The van der Waals surface area contributed by atoms with E-state index in [9.17, 15) is 13.2 Å². The first-order valence-corrected chi connectivity index (χ1v) is 6.86. The molecule has 2 aromatic rings. The molecule has 0 aliphatic carbocycles. The Morgan fingerprint density at radius 2 is 1.90 bits per heavy atom. The van der Waals surface area contributed by atoms with Gasteiger partial charge in [-0.15, -0.1) is 0 Å². The molecule has 1 unspecified atom stereocenters. The van der Waals surface area contributed by atoms with Crippen molar-refractivity contribution in [2.45, 2.75) is 23.6 Å². The van der Waals surface area contributed by atoms with E-state index in [1.807, 2.05) is 6.92 Å². The maximum Gasteiger partial charge on any atom is 0.288 e. The number of anilines is 1. The number of para-hydroxylation sites is 1. The van der Waals surface area contributed by atoms with E-state index in [1.54, 1.807) is 30.3 Å². The Kier molecular flexibility index (Phi) is 4.89. The molecule has 20 heavy (non-hydrogen) atoms. The quantitative estimate of drug-likeness (QED) is 0.809. The predicted octanol–water partition coefficient (Wildman–Crippen LogP) is 4.71. The van der Waals surface area contributed by atoms with E-state index in [-0.39, 0.29) is 6.04 Å². The van der Waals surface area contributed by atoms with E-state index in [1.165, 1.54) is 6.07 Å². The van der Waals surface area contributed by atoms with Gasteiger partial charge in [-0.2, -0.15) is 8.78 Å². The van der Waals surface area contributed by atoms with Gasteiger partial charge in [-0.3, -0.25) is 4.98 Å². The van der Waals surface area contributed by atoms with Gasteiger partial charge in [0.25, 0.3) is 5.76 Å². The van der Waals surface area contributed by atoms with Crippen LogP contribution in [0.3, 0.4) is 0 Å². The Morgan fingerprint density at radius 3 is 2.55 bits per heavy atom. The number of rotatable bonds is 5. The van der Waals surface area contributed by atoms with Crippen molar-refractivity contribution in [1.29, 1.82) is 0 Å². The summed E-state index contributed by atoms with van der Waals surface area (Å²) in [5.74, 6) is -2.88. The number of hydrogen-bond donors (Lipinski definition) is 1. The molecule has 0 aliphatic heterocycles. The van der Waals surface area contributed by atoms with Crippen LogP contribution in [-0.4, -0.2) is 10.7 Å². The summed E-state index contributed by atoms with van der Waals surface area (Å²) in [6.45, 7) is 1.84. The van der Waals surface area contributed by atoms with E-state index in [0.29, 0.717) is 28.0 Å². The fourth-order valence-corrected chi connectivity index (χ4v) is 2.34. The molecule has 0 radical (unpaired) electrons. The van der Waals surface area contributed by atoms with Crippen LogP contribution in [0.4, 0.5) is 18.9 Å². The summed E-state index contributed by atoms with van der Waals surface area (Å²) in [7, 11) is 0. The highest BCUT2D eigenvalue weighted by atomic mass is 32.2. The highest BCUT2D eigenvalue weighted by Crippen LogP contribution is 2.33. The van der Waals surface area contributed by atoms with Gasteiger partial charge in [0.2, 0.25) is 0 Å². The largest absolute Gasteiger partial charge is 0.376 e. The molecule has 1 atom stereocenters. The summed E-state index contributed by atoms with van der Waals surface area (Å²) in [4.78, 5) is 4.44. The van der Waals surface area contributed by atoms with Crippen LogP contribution in [0.1, 0.15) is 18.7 Å². The van der Waals surface area contributed by atoms with Gasteiger partial charge in [0.15, 0.2) is 0 Å². The molecule has 0 saturated heterocycles. The number of pyridine rings is 1. The highest BCUT2D eigenvalue weighted by molar-refractivity contribution is 7.99. The second-order valence-electron chi connectivity index (χ2n) is 4.14. The minimum absolute atomic E-state index is 0.213. The fraction of sp³-hybridized carbons (Fsp3) is 0.214. The molecule has 2 rings (SSSR count). The fourth-order valence-electron chi connectivity index (χ4n) is 1.74. The van der Waals surface area contributed by atoms with Crippen LogP contribution in [0, 0.1) is 5.82 Å². The molecule has 1 heterocycles. The third kappa shape index (κ3) is 3.90. The number of halogens is 3. The molecule has 6 heteroatoms. The molecule has 0 saturated carbocycles. The van der Waals surface area contributed by atoms with Gasteiger partial charge in [-0.1, -0.05) is 23.9 Å². The van der Waals surface area contributed by atoms with Crippen LogP contribution in [0.5, 0.6) is 0 Å². The van der Waals surface area contributed by atoms with Crippen molar-refractivity contribution in [3.63, 3.8) is 0 Å². The van der Waals surface area contributed by atoms with Gasteiger partial charge in [0.05, 0.1) is 17.9 Å². The van der Waals surface area contributed by atoms with Crippen molar-refractivity contribution in [2.24, 2.45) is 0 Å². The summed E-state index contributed by atoms with van der Waals surface area (Å²) < 4.78 is 37.8. The number of nitrogens with zero attached hydrogens (tertiary/aromatic N) is 1. The molecule has 0 aliphatic rings. The number of hydrogen-bond acceptors (Lipinski definition) is 3. The second kappa shape index (κ2) is 6.65. The third-order valence-corrected chi connectivity index (χ3v) is 3.46. The van der Waals surface area contributed by atoms with Crippen molar-refractivity contribution in [3.8, 4) is 0 Å². The maximum absolute atomic E-state index is 12.8. The molecule has 1 aromatic heterocycles. The van der Waals surface area contributed by atoms with E-state index >= 15 is 0 Å². The number of benzene rings is 1. The van der Waals surface area contributed by atoms with Gasteiger partial charge in [-0.05, 0) is 31.2 Å². The average Bonchev–Trinajstić information content (AvgIpc) is 2.41. The first kappa shape index (κ1) is 14.7. The van der Waals surface area contributed by atoms with Crippen molar-refractivity contribution in [1.82, 2.24) is 4.98 Å². The lowest BCUT2D eigenvalue weighted by molar-refractivity contribution is 0.252. The number of alkyl halides is 2. The zero-order chi connectivity index (χ0) is 14.5. The number of aromatic nitrogens is 1. The molecule has 106 valence electrons. The Balaban J connectivity index is 2.15. The third-order valence-electron chi connectivity index (χ3n) is 2.67. The molecule has 1 aromatic carbocycles. The SMILES string of the molecule is CC(Nc1ccccc1SC(F)F)c1ccc(F)cn1. The summed E-state index contributed by atoms with van der Waals surface area (Å²) in [6, 6.07) is 9.50. The molecule has 0 bridgehead atoms. The Hall–Kier alpha value is -1.69. The molecule has 0 amide bonds. The van der Waals surface area contributed by atoms with E-state index < -0.39 is 11.6 Å². The zero-order valence-corrected chi connectivity index (χ0v) is 11.5. The van der Waals surface area contributed by atoms with Crippen LogP contribution in [0.15, 0.2) is 47.5 Å². The summed E-state index contributed by atoms with van der Waals surface area (Å²) in [6.07, 6.45) is 1.13. The lowest BCUT2D eigenvalue weighted by Crippen LogP contribution is -2.09. The Morgan fingerprint density at radius 1 is 1.15 bits per heavy atom.